The molecule has 0 fully saturated rings. The van der Waals surface area contributed by atoms with Gasteiger partial charge in [0.1, 0.15) is 0 Å². The molecule has 0 aliphatic rings. The van der Waals surface area contributed by atoms with E-state index < -0.39 is 0 Å². The number of imidazole rings is 1. The number of aromatic nitrogens is 2. The van der Waals surface area contributed by atoms with Gasteiger partial charge in [0.25, 0.3) is 0 Å². The largest absolute Gasteiger partial charge is 0.351 e. The van der Waals surface area contributed by atoms with Crippen molar-refractivity contribution in [3.63, 3.8) is 0 Å². The van der Waals surface area contributed by atoms with Crippen LogP contribution in [0.25, 0.3) is 11.0 Å². The average molecular weight is 316 g/mol. The van der Waals surface area contributed by atoms with Crippen LogP contribution in [0.3, 0.4) is 0 Å². The molecule has 0 aliphatic heterocycles. The van der Waals surface area contributed by atoms with Crippen molar-refractivity contribution < 1.29 is 0 Å². The Labute approximate surface area is 141 Å². The molecule has 1 N–H and O–H groups in total. The summed E-state index contributed by atoms with van der Waals surface area (Å²) in [5, 5.41) is 3.58. The molecule has 2 rings (SSSR count). The van der Waals surface area contributed by atoms with E-state index in [1.54, 1.807) is 0 Å². The smallest absolute Gasteiger partial charge is 0.204 e. The average Bonchev–Trinajstić information content (AvgIpc) is 2.63. The Bertz CT molecular complexity index is 716. The van der Waals surface area contributed by atoms with Crippen LogP contribution in [-0.4, -0.2) is 15.1 Å². The topological polar surface area (TPSA) is 29.9 Å². The molecule has 0 saturated carbocycles. The summed E-state index contributed by atoms with van der Waals surface area (Å²) >= 11 is 0. The molecule has 0 spiro atoms. The van der Waals surface area contributed by atoms with E-state index in [2.05, 4.69) is 91.3 Å². The third-order valence-electron chi connectivity index (χ3n) is 3.97. The minimum Gasteiger partial charge on any atom is -0.351 e. The number of aryl methyl sites for hydroxylation is 1. The first-order valence-corrected chi connectivity index (χ1v) is 8.52. The van der Waals surface area contributed by atoms with E-state index in [0.29, 0.717) is 0 Å². The number of benzene rings is 1. The summed E-state index contributed by atoms with van der Waals surface area (Å²) in [6.45, 7) is 22.2. The molecule has 1 heterocycles. The van der Waals surface area contributed by atoms with Gasteiger partial charge in [-0.1, -0.05) is 26.8 Å². The van der Waals surface area contributed by atoms with Gasteiger partial charge in [-0.3, -0.25) is 0 Å². The Balaban J connectivity index is 2.82. The highest BCUT2D eigenvalue weighted by atomic mass is 15.3. The predicted octanol–water partition coefficient (Wildman–Crippen LogP) is 5.61. The number of fused-ring (bicyclic) bond motifs is 1. The van der Waals surface area contributed by atoms with Gasteiger partial charge in [-0.15, -0.1) is 0 Å². The van der Waals surface area contributed by atoms with E-state index >= 15 is 0 Å². The summed E-state index contributed by atoms with van der Waals surface area (Å²) in [6, 6.07) is 4.59. The van der Waals surface area contributed by atoms with Crippen LogP contribution >= 0.6 is 0 Å². The standard InChI is InChI=1S/C20H33N3/c1-13-11-14(18(2,3)4)12-15-16(13)21-17(22-19(5,6)7)23(15)20(8,9)10/h11-12H,1-10H3,(H,21,22). The lowest BCUT2D eigenvalue weighted by Gasteiger charge is -2.29. The number of hydrogen-bond donors (Lipinski definition) is 1. The highest BCUT2D eigenvalue weighted by Gasteiger charge is 2.26. The summed E-state index contributed by atoms with van der Waals surface area (Å²) in [6.07, 6.45) is 0. The van der Waals surface area contributed by atoms with Crippen LogP contribution in [0, 0.1) is 6.92 Å². The first-order chi connectivity index (χ1) is 10.2. The molecule has 3 nitrogen and oxygen atoms in total. The van der Waals surface area contributed by atoms with Crippen LogP contribution in [0.15, 0.2) is 12.1 Å². The molecule has 0 atom stereocenters. The second-order valence-electron chi connectivity index (χ2n) is 9.73. The van der Waals surface area contributed by atoms with E-state index in [0.717, 1.165) is 11.5 Å². The van der Waals surface area contributed by atoms with E-state index in [9.17, 15) is 0 Å². The Morgan fingerprint density at radius 1 is 0.913 bits per heavy atom. The van der Waals surface area contributed by atoms with Crippen LogP contribution < -0.4 is 5.32 Å². The molecule has 2 aromatic rings. The molecule has 0 radical (unpaired) electrons. The zero-order valence-corrected chi connectivity index (χ0v) is 16.5. The van der Waals surface area contributed by atoms with E-state index in [4.69, 9.17) is 4.98 Å². The zero-order chi connectivity index (χ0) is 17.8. The molecule has 1 aromatic heterocycles. The fourth-order valence-corrected chi connectivity index (χ4v) is 2.88. The molecule has 0 saturated heterocycles. The van der Waals surface area contributed by atoms with Crippen LogP contribution in [0.5, 0.6) is 0 Å². The van der Waals surface area contributed by atoms with E-state index in [1.807, 2.05) is 0 Å². The fourth-order valence-electron chi connectivity index (χ4n) is 2.88. The van der Waals surface area contributed by atoms with Gasteiger partial charge in [-0.05, 0) is 71.1 Å². The molecule has 0 aliphatic carbocycles. The van der Waals surface area contributed by atoms with Crippen molar-refractivity contribution in [3.05, 3.63) is 23.3 Å². The van der Waals surface area contributed by atoms with Crippen molar-refractivity contribution >= 4 is 17.0 Å². The highest BCUT2D eigenvalue weighted by molar-refractivity contribution is 5.83. The summed E-state index contributed by atoms with van der Waals surface area (Å²) in [5.74, 6) is 0.953. The Morgan fingerprint density at radius 3 is 1.91 bits per heavy atom. The maximum atomic E-state index is 4.94. The quantitative estimate of drug-likeness (QED) is 0.741. The second kappa shape index (κ2) is 5.25. The van der Waals surface area contributed by atoms with Gasteiger partial charge < -0.3 is 9.88 Å². The van der Waals surface area contributed by atoms with Crippen molar-refractivity contribution in [2.45, 2.75) is 85.7 Å². The van der Waals surface area contributed by atoms with Crippen molar-refractivity contribution in [3.8, 4) is 0 Å². The second-order valence-corrected chi connectivity index (χ2v) is 9.73. The molecule has 23 heavy (non-hydrogen) atoms. The van der Waals surface area contributed by atoms with Crippen LogP contribution in [-0.2, 0) is 11.0 Å². The Morgan fingerprint density at radius 2 is 1.48 bits per heavy atom. The molecular formula is C20H33N3. The highest BCUT2D eigenvalue weighted by Crippen LogP contribution is 2.34. The van der Waals surface area contributed by atoms with Gasteiger partial charge in [-0.2, -0.15) is 0 Å². The van der Waals surface area contributed by atoms with Gasteiger partial charge >= 0.3 is 0 Å². The van der Waals surface area contributed by atoms with Crippen molar-refractivity contribution in [1.82, 2.24) is 9.55 Å². The van der Waals surface area contributed by atoms with E-state index in [1.165, 1.54) is 16.6 Å². The van der Waals surface area contributed by atoms with Crippen LogP contribution in [0.2, 0.25) is 0 Å². The van der Waals surface area contributed by atoms with Gasteiger partial charge in [0.15, 0.2) is 0 Å². The normalized spacial score (nSPS) is 13.7. The van der Waals surface area contributed by atoms with Gasteiger partial charge in [0, 0.05) is 11.1 Å². The molecular weight excluding hydrogens is 282 g/mol. The summed E-state index contributed by atoms with van der Waals surface area (Å²) in [5.41, 5.74) is 4.98. The molecule has 0 amide bonds. The summed E-state index contributed by atoms with van der Waals surface area (Å²) < 4.78 is 2.34. The maximum absolute atomic E-state index is 4.94. The van der Waals surface area contributed by atoms with E-state index in [-0.39, 0.29) is 16.5 Å². The molecule has 0 bridgehead atoms. The fraction of sp³-hybridized carbons (Fsp3) is 0.650. The summed E-state index contributed by atoms with van der Waals surface area (Å²) in [7, 11) is 0. The lowest BCUT2D eigenvalue weighted by Crippen LogP contribution is -2.31. The number of nitrogens with one attached hydrogen (secondary N) is 1. The monoisotopic (exact) mass is 315 g/mol. The number of hydrogen-bond acceptors (Lipinski definition) is 2. The van der Waals surface area contributed by atoms with Crippen molar-refractivity contribution in [2.75, 3.05) is 5.32 Å². The molecule has 128 valence electrons. The Kier molecular flexibility index (Phi) is 4.07. The predicted molar refractivity (Wildman–Crippen MR) is 102 cm³/mol. The number of anilines is 1. The maximum Gasteiger partial charge on any atom is 0.204 e. The third-order valence-corrected chi connectivity index (χ3v) is 3.97. The zero-order valence-electron chi connectivity index (χ0n) is 16.5. The minimum atomic E-state index is -0.0364. The first kappa shape index (κ1) is 17.8. The van der Waals surface area contributed by atoms with Crippen molar-refractivity contribution in [1.29, 1.82) is 0 Å². The number of nitrogens with zero attached hydrogens (tertiary/aromatic N) is 2. The van der Waals surface area contributed by atoms with Crippen LogP contribution in [0.1, 0.15) is 73.4 Å². The molecule has 3 heteroatoms. The van der Waals surface area contributed by atoms with Crippen LogP contribution in [0.4, 0.5) is 5.95 Å². The lowest BCUT2D eigenvalue weighted by molar-refractivity contribution is 0.409. The first-order valence-electron chi connectivity index (χ1n) is 8.52. The number of rotatable bonds is 1. The SMILES string of the molecule is Cc1cc(C(C)(C)C)cc2c1nc(NC(C)(C)C)n2C(C)(C)C. The van der Waals surface area contributed by atoms with Crippen molar-refractivity contribution in [2.24, 2.45) is 0 Å². The minimum absolute atomic E-state index is 0.0227. The van der Waals surface area contributed by atoms with Gasteiger partial charge in [-0.25, -0.2) is 4.98 Å². The molecule has 0 unspecified atom stereocenters. The van der Waals surface area contributed by atoms with Gasteiger partial charge in [0.2, 0.25) is 5.95 Å². The Hall–Kier alpha value is -1.51. The van der Waals surface area contributed by atoms with Gasteiger partial charge in [0.05, 0.1) is 11.0 Å². The third kappa shape index (κ3) is 3.70. The molecule has 1 aromatic carbocycles. The lowest BCUT2D eigenvalue weighted by atomic mass is 9.86. The summed E-state index contributed by atoms with van der Waals surface area (Å²) in [4.78, 5) is 4.94.